The van der Waals surface area contributed by atoms with Gasteiger partial charge in [-0.05, 0) is 42.1 Å². The number of hydrogen-bond donors (Lipinski definition) is 1. The molecule has 0 aliphatic rings. The number of hydrogen-bond acceptors (Lipinski definition) is 1. The predicted octanol–water partition coefficient (Wildman–Crippen LogP) is 4.12. The molecule has 3 rings (SSSR count). The quantitative estimate of drug-likeness (QED) is 0.772. The molecule has 0 aliphatic carbocycles. The summed E-state index contributed by atoms with van der Waals surface area (Å²) in [6.45, 7) is 2.43. The number of benzene rings is 2. The summed E-state index contributed by atoms with van der Waals surface area (Å²) in [5.41, 5.74) is 2.49. The maximum atomic E-state index is 13.2. The van der Waals surface area contributed by atoms with Crippen molar-refractivity contribution in [3.63, 3.8) is 0 Å². The van der Waals surface area contributed by atoms with Gasteiger partial charge in [-0.2, -0.15) is 0 Å². The second-order valence-electron chi connectivity index (χ2n) is 5.33. The van der Waals surface area contributed by atoms with Crippen molar-refractivity contribution in [2.45, 2.75) is 19.9 Å². The highest BCUT2D eigenvalue weighted by molar-refractivity contribution is 5.91. The van der Waals surface area contributed by atoms with Gasteiger partial charge >= 0.3 is 0 Å². The van der Waals surface area contributed by atoms with Gasteiger partial charge in [-0.3, -0.25) is 4.79 Å². The largest absolute Gasteiger partial charge is 0.347 e. The minimum absolute atomic E-state index is 0.119. The van der Waals surface area contributed by atoms with Crippen molar-refractivity contribution in [3.05, 3.63) is 66.1 Å². The Labute approximate surface area is 128 Å². The number of para-hydroxylation sites is 1. The van der Waals surface area contributed by atoms with Gasteiger partial charge in [0.1, 0.15) is 5.82 Å². The Morgan fingerprint density at radius 1 is 1.18 bits per heavy atom. The Balaban J connectivity index is 1.66. The average molecular weight is 296 g/mol. The molecule has 1 aromatic heterocycles. The molecule has 112 valence electrons. The van der Waals surface area contributed by atoms with E-state index >= 15 is 0 Å². The molecular weight excluding hydrogens is 279 g/mol. The number of anilines is 1. The van der Waals surface area contributed by atoms with E-state index in [2.05, 4.69) is 5.32 Å². The zero-order valence-electron chi connectivity index (χ0n) is 12.3. The molecule has 22 heavy (non-hydrogen) atoms. The van der Waals surface area contributed by atoms with Gasteiger partial charge in [-0.1, -0.05) is 24.3 Å². The molecule has 3 aromatic rings. The van der Waals surface area contributed by atoms with Gasteiger partial charge in [-0.25, -0.2) is 4.39 Å². The minimum atomic E-state index is -0.350. The molecule has 0 spiro atoms. The van der Waals surface area contributed by atoms with Gasteiger partial charge in [0.2, 0.25) is 5.91 Å². The molecule has 0 bridgehead atoms. The lowest BCUT2D eigenvalue weighted by Crippen LogP contribution is -2.15. The SMILES string of the molecule is Cc1ccc(F)cc1NC(=O)CCn1ccc2ccccc21. The number of fused-ring (bicyclic) bond motifs is 1. The summed E-state index contributed by atoms with van der Waals surface area (Å²) in [6.07, 6.45) is 2.32. The molecule has 0 radical (unpaired) electrons. The Morgan fingerprint density at radius 3 is 2.86 bits per heavy atom. The standard InChI is InChI=1S/C18H17FN2O/c1-13-6-7-15(19)12-16(13)20-18(22)9-11-21-10-8-14-4-2-3-5-17(14)21/h2-8,10,12H,9,11H2,1H3,(H,20,22). The van der Waals surface area contributed by atoms with Crippen LogP contribution in [0.2, 0.25) is 0 Å². The van der Waals surface area contributed by atoms with Crippen molar-refractivity contribution < 1.29 is 9.18 Å². The topological polar surface area (TPSA) is 34.0 Å². The summed E-state index contributed by atoms with van der Waals surface area (Å²) in [4.78, 5) is 12.1. The van der Waals surface area contributed by atoms with Gasteiger partial charge in [0.25, 0.3) is 0 Å². The zero-order valence-corrected chi connectivity index (χ0v) is 12.3. The monoisotopic (exact) mass is 296 g/mol. The molecule has 1 N–H and O–H groups in total. The number of nitrogens with one attached hydrogen (secondary N) is 1. The van der Waals surface area contributed by atoms with Crippen LogP contribution in [0, 0.1) is 12.7 Å². The second-order valence-corrected chi connectivity index (χ2v) is 5.33. The maximum Gasteiger partial charge on any atom is 0.226 e. The lowest BCUT2D eigenvalue weighted by molar-refractivity contribution is -0.116. The van der Waals surface area contributed by atoms with Crippen molar-refractivity contribution in [1.82, 2.24) is 4.57 Å². The van der Waals surface area contributed by atoms with Gasteiger partial charge < -0.3 is 9.88 Å². The lowest BCUT2D eigenvalue weighted by Gasteiger charge is -2.09. The Morgan fingerprint density at radius 2 is 2.00 bits per heavy atom. The van der Waals surface area contributed by atoms with E-state index in [1.807, 2.05) is 48.0 Å². The van der Waals surface area contributed by atoms with Gasteiger partial charge in [-0.15, -0.1) is 0 Å². The highest BCUT2D eigenvalue weighted by Gasteiger charge is 2.07. The third-order valence-electron chi connectivity index (χ3n) is 3.73. The Hall–Kier alpha value is -2.62. The van der Waals surface area contributed by atoms with Gasteiger partial charge in [0.05, 0.1) is 0 Å². The normalized spacial score (nSPS) is 10.8. The van der Waals surface area contributed by atoms with Crippen molar-refractivity contribution in [2.75, 3.05) is 5.32 Å². The maximum absolute atomic E-state index is 13.2. The zero-order chi connectivity index (χ0) is 15.5. The van der Waals surface area contributed by atoms with Crippen molar-refractivity contribution in [1.29, 1.82) is 0 Å². The third kappa shape index (κ3) is 3.01. The summed E-state index contributed by atoms with van der Waals surface area (Å²) in [6, 6.07) is 14.5. The van der Waals surface area contributed by atoms with E-state index in [0.29, 0.717) is 18.7 Å². The van der Waals surface area contributed by atoms with Crippen molar-refractivity contribution in [3.8, 4) is 0 Å². The van der Waals surface area contributed by atoms with Crippen LogP contribution in [0.1, 0.15) is 12.0 Å². The number of aryl methyl sites for hydroxylation is 2. The number of aromatic nitrogens is 1. The third-order valence-corrected chi connectivity index (χ3v) is 3.73. The van der Waals surface area contributed by atoms with Crippen LogP contribution in [0.5, 0.6) is 0 Å². The predicted molar refractivity (Wildman–Crippen MR) is 86.3 cm³/mol. The lowest BCUT2D eigenvalue weighted by atomic mass is 10.2. The van der Waals surface area contributed by atoms with E-state index < -0.39 is 0 Å². The molecule has 0 atom stereocenters. The first-order chi connectivity index (χ1) is 10.6. The number of nitrogens with zero attached hydrogens (tertiary/aromatic N) is 1. The number of amides is 1. The van der Waals surface area contributed by atoms with E-state index in [1.54, 1.807) is 6.07 Å². The average Bonchev–Trinajstić information content (AvgIpc) is 2.92. The summed E-state index contributed by atoms with van der Waals surface area (Å²) in [5, 5.41) is 3.93. The molecule has 0 unspecified atom stereocenters. The Bertz CT molecular complexity index is 823. The molecule has 3 nitrogen and oxygen atoms in total. The van der Waals surface area contributed by atoms with Crippen LogP contribution < -0.4 is 5.32 Å². The highest BCUT2D eigenvalue weighted by atomic mass is 19.1. The number of carbonyl (C=O) groups excluding carboxylic acids is 1. The molecule has 0 aliphatic heterocycles. The van der Waals surface area contributed by atoms with E-state index in [-0.39, 0.29) is 11.7 Å². The summed E-state index contributed by atoms with van der Waals surface area (Å²) >= 11 is 0. The van der Waals surface area contributed by atoms with E-state index in [9.17, 15) is 9.18 Å². The molecule has 0 fully saturated rings. The van der Waals surface area contributed by atoms with Gasteiger partial charge in [0.15, 0.2) is 0 Å². The highest BCUT2D eigenvalue weighted by Crippen LogP contribution is 2.17. The molecule has 2 aromatic carbocycles. The van der Waals surface area contributed by atoms with Crippen LogP contribution in [-0.2, 0) is 11.3 Å². The number of carbonyl (C=O) groups is 1. The van der Waals surface area contributed by atoms with Gasteiger partial charge in [0, 0.05) is 30.4 Å². The van der Waals surface area contributed by atoms with E-state index in [0.717, 1.165) is 16.5 Å². The smallest absolute Gasteiger partial charge is 0.226 e. The van der Waals surface area contributed by atoms with E-state index in [1.165, 1.54) is 12.1 Å². The van der Waals surface area contributed by atoms with Crippen LogP contribution in [0.25, 0.3) is 10.9 Å². The fourth-order valence-electron chi connectivity index (χ4n) is 2.50. The van der Waals surface area contributed by atoms with Crippen LogP contribution in [-0.4, -0.2) is 10.5 Å². The fourth-order valence-corrected chi connectivity index (χ4v) is 2.50. The first kappa shape index (κ1) is 14.3. The first-order valence-corrected chi connectivity index (χ1v) is 7.23. The van der Waals surface area contributed by atoms with Crippen LogP contribution in [0.4, 0.5) is 10.1 Å². The molecule has 0 saturated heterocycles. The fraction of sp³-hybridized carbons (Fsp3) is 0.167. The number of halogens is 1. The van der Waals surface area contributed by atoms with Crippen LogP contribution in [0.15, 0.2) is 54.7 Å². The van der Waals surface area contributed by atoms with Crippen molar-refractivity contribution >= 4 is 22.5 Å². The summed E-state index contributed by atoms with van der Waals surface area (Å²) in [5.74, 6) is -0.469. The molecule has 1 heterocycles. The number of rotatable bonds is 4. The molecular formula is C18H17FN2O. The second kappa shape index (κ2) is 6.02. The Kier molecular flexibility index (Phi) is 3.92. The molecule has 4 heteroatoms. The van der Waals surface area contributed by atoms with Crippen LogP contribution in [0.3, 0.4) is 0 Å². The summed E-state index contributed by atoms with van der Waals surface area (Å²) in [7, 11) is 0. The minimum Gasteiger partial charge on any atom is -0.347 e. The first-order valence-electron chi connectivity index (χ1n) is 7.23. The molecule has 0 saturated carbocycles. The summed E-state index contributed by atoms with van der Waals surface area (Å²) < 4.78 is 15.3. The molecule has 1 amide bonds. The van der Waals surface area contributed by atoms with E-state index in [4.69, 9.17) is 0 Å². The van der Waals surface area contributed by atoms with Crippen LogP contribution >= 0.6 is 0 Å². The van der Waals surface area contributed by atoms with Crippen molar-refractivity contribution in [2.24, 2.45) is 0 Å².